The van der Waals surface area contributed by atoms with Crippen molar-refractivity contribution in [1.29, 1.82) is 0 Å². The molecule has 0 radical (unpaired) electrons. The van der Waals surface area contributed by atoms with Crippen LogP contribution in [-0.2, 0) is 10.0 Å². The molecule has 0 aliphatic rings. The number of benzene rings is 2. The average Bonchev–Trinajstić information content (AvgIpc) is 3.13. The number of rotatable bonds is 10. The third-order valence-corrected chi connectivity index (χ3v) is 7.06. The van der Waals surface area contributed by atoms with Gasteiger partial charge in [-0.1, -0.05) is 0 Å². The van der Waals surface area contributed by atoms with Crippen LogP contribution < -0.4 is 18.9 Å². The van der Waals surface area contributed by atoms with Gasteiger partial charge in [-0.2, -0.15) is 5.10 Å². The summed E-state index contributed by atoms with van der Waals surface area (Å²) in [5.74, 6) is 2.15. The van der Waals surface area contributed by atoms with Crippen LogP contribution in [0, 0.1) is 20.8 Å². The third kappa shape index (κ3) is 5.83. The van der Waals surface area contributed by atoms with Crippen molar-refractivity contribution >= 4 is 15.7 Å². The van der Waals surface area contributed by atoms with Gasteiger partial charge in [0.05, 0.1) is 18.9 Å². The van der Waals surface area contributed by atoms with Crippen molar-refractivity contribution in [2.24, 2.45) is 0 Å². The maximum Gasteiger partial charge on any atom is 0.265 e. The molecule has 0 saturated carbocycles. The lowest BCUT2D eigenvalue weighted by Gasteiger charge is -2.14. The van der Waals surface area contributed by atoms with E-state index in [9.17, 15) is 8.42 Å². The fourth-order valence-electron chi connectivity index (χ4n) is 3.60. The summed E-state index contributed by atoms with van der Waals surface area (Å²) < 4.78 is 47.4. The number of sulfonamides is 1. The first-order chi connectivity index (χ1) is 17.7. The number of aromatic nitrogens is 4. The van der Waals surface area contributed by atoms with Crippen LogP contribution in [-0.4, -0.2) is 41.4 Å². The van der Waals surface area contributed by atoms with Crippen molar-refractivity contribution in [3.05, 3.63) is 71.8 Å². The van der Waals surface area contributed by atoms with Crippen LogP contribution in [0.25, 0.3) is 5.82 Å². The zero-order valence-electron chi connectivity index (χ0n) is 21.3. The summed E-state index contributed by atoms with van der Waals surface area (Å²) in [6.45, 7) is 10.3. The van der Waals surface area contributed by atoms with Crippen molar-refractivity contribution in [2.45, 2.75) is 39.5 Å². The SMILES string of the molecule is CCOc1ccc(S(=O)(=O)Nc2ccc(Oc3cc(-n4nc(C)c(C)c4C)ncn3)cc2)c(OCC)c1. The summed E-state index contributed by atoms with van der Waals surface area (Å²) in [5.41, 5.74) is 3.37. The Morgan fingerprint density at radius 2 is 1.59 bits per heavy atom. The first-order valence-corrected chi connectivity index (χ1v) is 13.3. The molecule has 2 heterocycles. The number of hydrogen-bond donors (Lipinski definition) is 1. The molecular formula is C26H29N5O5S. The molecule has 4 rings (SSSR count). The Bertz CT molecular complexity index is 1500. The van der Waals surface area contributed by atoms with E-state index in [2.05, 4.69) is 19.8 Å². The lowest BCUT2D eigenvalue weighted by atomic mass is 10.2. The number of aryl methyl sites for hydroxylation is 1. The smallest absolute Gasteiger partial charge is 0.265 e. The van der Waals surface area contributed by atoms with E-state index in [1.54, 1.807) is 54.1 Å². The Morgan fingerprint density at radius 3 is 2.24 bits per heavy atom. The van der Waals surface area contributed by atoms with Crippen LogP contribution in [0.5, 0.6) is 23.1 Å². The van der Waals surface area contributed by atoms with Crippen molar-refractivity contribution in [2.75, 3.05) is 17.9 Å². The van der Waals surface area contributed by atoms with Gasteiger partial charge in [0.15, 0.2) is 5.82 Å². The average molecular weight is 524 g/mol. The highest BCUT2D eigenvalue weighted by Gasteiger charge is 2.21. The summed E-state index contributed by atoms with van der Waals surface area (Å²) in [6, 6.07) is 12.8. The van der Waals surface area contributed by atoms with Gasteiger partial charge in [-0.05, 0) is 76.6 Å². The monoisotopic (exact) mass is 523 g/mol. The molecular weight excluding hydrogens is 494 g/mol. The molecule has 0 unspecified atom stereocenters. The molecule has 0 saturated heterocycles. The van der Waals surface area contributed by atoms with E-state index in [1.807, 2.05) is 27.7 Å². The molecule has 0 fully saturated rings. The largest absolute Gasteiger partial charge is 0.494 e. The van der Waals surface area contributed by atoms with E-state index in [-0.39, 0.29) is 10.6 Å². The van der Waals surface area contributed by atoms with Gasteiger partial charge >= 0.3 is 0 Å². The topological polar surface area (TPSA) is 117 Å². The second-order valence-electron chi connectivity index (χ2n) is 8.13. The van der Waals surface area contributed by atoms with Gasteiger partial charge in [0.2, 0.25) is 5.88 Å². The molecule has 0 aliphatic carbocycles. The molecule has 2 aromatic carbocycles. The normalized spacial score (nSPS) is 11.3. The lowest BCUT2D eigenvalue weighted by Crippen LogP contribution is -2.14. The van der Waals surface area contributed by atoms with Crippen LogP contribution in [0.3, 0.4) is 0 Å². The van der Waals surface area contributed by atoms with Crippen LogP contribution in [0.15, 0.2) is 59.8 Å². The molecule has 11 heteroatoms. The first kappa shape index (κ1) is 26.0. The lowest BCUT2D eigenvalue weighted by molar-refractivity contribution is 0.317. The summed E-state index contributed by atoms with van der Waals surface area (Å²) in [7, 11) is -3.91. The summed E-state index contributed by atoms with van der Waals surface area (Å²) in [4.78, 5) is 8.50. The highest BCUT2D eigenvalue weighted by molar-refractivity contribution is 7.92. The zero-order valence-corrected chi connectivity index (χ0v) is 22.2. The van der Waals surface area contributed by atoms with Gasteiger partial charge in [0, 0.05) is 23.5 Å². The zero-order chi connectivity index (χ0) is 26.6. The molecule has 0 aliphatic heterocycles. The van der Waals surface area contributed by atoms with E-state index >= 15 is 0 Å². The Labute approximate surface area is 216 Å². The van der Waals surface area contributed by atoms with Gasteiger partial charge in [0.25, 0.3) is 10.0 Å². The van der Waals surface area contributed by atoms with Crippen LogP contribution in [0.1, 0.15) is 30.8 Å². The summed E-state index contributed by atoms with van der Waals surface area (Å²) in [5, 5.41) is 4.52. The quantitative estimate of drug-likeness (QED) is 0.309. The predicted octanol–water partition coefficient (Wildman–Crippen LogP) is 4.98. The molecule has 0 amide bonds. The van der Waals surface area contributed by atoms with E-state index in [1.165, 1.54) is 12.4 Å². The Hall–Kier alpha value is -4.12. The Kier molecular flexibility index (Phi) is 7.63. The van der Waals surface area contributed by atoms with Crippen molar-refractivity contribution in [3.8, 4) is 28.9 Å². The molecule has 0 bridgehead atoms. The number of anilines is 1. The number of nitrogens with zero attached hydrogens (tertiary/aromatic N) is 4. The van der Waals surface area contributed by atoms with Gasteiger partial charge in [-0.3, -0.25) is 4.72 Å². The summed E-state index contributed by atoms with van der Waals surface area (Å²) in [6.07, 6.45) is 1.41. The summed E-state index contributed by atoms with van der Waals surface area (Å²) >= 11 is 0. The van der Waals surface area contributed by atoms with Crippen LogP contribution in [0.2, 0.25) is 0 Å². The second kappa shape index (κ2) is 10.9. The van der Waals surface area contributed by atoms with Gasteiger partial charge in [0.1, 0.15) is 28.5 Å². The maximum absolute atomic E-state index is 13.1. The molecule has 10 nitrogen and oxygen atoms in total. The van der Waals surface area contributed by atoms with Crippen molar-refractivity contribution in [1.82, 2.24) is 19.7 Å². The minimum Gasteiger partial charge on any atom is -0.494 e. The second-order valence-corrected chi connectivity index (χ2v) is 9.78. The number of ether oxygens (including phenoxy) is 3. The third-order valence-electron chi connectivity index (χ3n) is 5.64. The molecule has 4 aromatic rings. The minimum absolute atomic E-state index is 0.0195. The first-order valence-electron chi connectivity index (χ1n) is 11.8. The molecule has 37 heavy (non-hydrogen) atoms. The molecule has 0 atom stereocenters. The van der Waals surface area contributed by atoms with Gasteiger partial charge < -0.3 is 14.2 Å². The standard InChI is InChI=1S/C26H29N5O5S/c1-6-34-22-12-13-24(23(14-22)35-7-2)37(32,33)30-20-8-10-21(11-9-20)36-26-15-25(27-16-28-26)31-19(5)17(3)18(4)29-31/h8-16,30H,6-7H2,1-5H3. The Morgan fingerprint density at radius 1 is 0.892 bits per heavy atom. The Balaban J connectivity index is 1.50. The number of hydrogen-bond acceptors (Lipinski definition) is 8. The molecule has 2 aromatic heterocycles. The van der Waals surface area contributed by atoms with Crippen LogP contribution >= 0.6 is 0 Å². The van der Waals surface area contributed by atoms with Crippen molar-refractivity contribution in [3.63, 3.8) is 0 Å². The highest BCUT2D eigenvalue weighted by atomic mass is 32.2. The van der Waals surface area contributed by atoms with Crippen molar-refractivity contribution < 1.29 is 22.6 Å². The van der Waals surface area contributed by atoms with Gasteiger partial charge in [-0.25, -0.2) is 23.1 Å². The molecule has 1 N–H and O–H groups in total. The van der Waals surface area contributed by atoms with E-state index in [0.29, 0.717) is 42.1 Å². The molecule has 194 valence electrons. The predicted molar refractivity (Wildman–Crippen MR) is 139 cm³/mol. The highest BCUT2D eigenvalue weighted by Crippen LogP contribution is 2.31. The van der Waals surface area contributed by atoms with E-state index < -0.39 is 10.0 Å². The minimum atomic E-state index is -3.91. The van der Waals surface area contributed by atoms with E-state index in [4.69, 9.17) is 14.2 Å². The van der Waals surface area contributed by atoms with E-state index in [0.717, 1.165) is 17.0 Å². The van der Waals surface area contributed by atoms with Gasteiger partial charge in [-0.15, -0.1) is 0 Å². The maximum atomic E-state index is 13.1. The fourth-order valence-corrected chi connectivity index (χ4v) is 4.79. The fraction of sp³-hybridized carbons (Fsp3) is 0.269. The number of nitrogens with one attached hydrogen (secondary N) is 1. The molecule has 0 spiro atoms. The van der Waals surface area contributed by atoms with Crippen LogP contribution in [0.4, 0.5) is 5.69 Å².